The molecule has 122 valence electrons. The van der Waals surface area contributed by atoms with Crippen molar-refractivity contribution in [2.24, 2.45) is 5.92 Å². The van der Waals surface area contributed by atoms with Gasteiger partial charge in [0.05, 0.1) is 18.8 Å². The molecule has 0 saturated heterocycles. The SMILES string of the molecule is CC(CO)(NC(=O)CCCOc1ccc(F)cc1F)C1CC1. The standard InChI is InChI=1S/C16H21F2NO3/c1-16(10-20,11-4-5-11)19-15(21)3-2-8-22-14-7-6-12(17)9-13(14)18/h6-7,9,11,20H,2-5,8,10H2,1H3,(H,19,21). The number of rotatable bonds is 8. The number of nitrogens with one attached hydrogen (secondary N) is 1. The van der Waals surface area contributed by atoms with Crippen LogP contribution in [0, 0.1) is 17.6 Å². The largest absolute Gasteiger partial charge is 0.491 e. The predicted octanol–water partition coefficient (Wildman–Crippen LogP) is 2.40. The number of halogens is 2. The average Bonchev–Trinajstić information content (AvgIpc) is 3.30. The fourth-order valence-electron chi connectivity index (χ4n) is 2.38. The van der Waals surface area contributed by atoms with Gasteiger partial charge in [-0.1, -0.05) is 0 Å². The number of ether oxygens (including phenoxy) is 1. The highest BCUT2D eigenvalue weighted by Gasteiger charge is 2.41. The van der Waals surface area contributed by atoms with Gasteiger partial charge in [0.25, 0.3) is 0 Å². The van der Waals surface area contributed by atoms with Crippen molar-refractivity contribution < 1.29 is 23.4 Å². The fourth-order valence-corrected chi connectivity index (χ4v) is 2.38. The van der Waals surface area contributed by atoms with Crippen LogP contribution in [0.5, 0.6) is 5.75 Å². The van der Waals surface area contributed by atoms with E-state index in [2.05, 4.69) is 5.32 Å². The van der Waals surface area contributed by atoms with Crippen LogP contribution in [-0.2, 0) is 4.79 Å². The molecule has 2 rings (SSSR count). The van der Waals surface area contributed by atoms with Crippen molar-refractivity contribution in [3.05, 3.63) is 29.8 Å². The number of aliphatic hydroxyl groups is 1. The van der Waals surface area contributed by atoms with E-state index in [1.54, 1.807) is 0 Å². The average molecular weight is 313 g/mol. The van der Waals surface area contributed by atoms with E-state index in [9.17, 15) is 18.7 Å². The third-order valence-corrected chi connectivity index (χ3v) is 3.93. The van der Waals surface area contributed by atoms with Crippen LogP contribution < -0.4 is 10.1 Å². The van der Waals surface area contributed by atoms with Gasteiger partial charge in [-0.2, -0.15) is 0 Å². The number of hydrogen-bond acceptors (Lipinski definition) is 3. The van der Waals surface area contributed by atoms with Crippen LogP contribution in [0.1, 0.15) is 32.6 Å². The van der Waals surface area contributed by atoms with E-state index in [4.69, 9.17) is 4.74 Å². The maximum Gasteiger partial charge on any atom is 0.220 e. The van der Waals surface area contributed by atoms with E-state index in [-0.39, 0.29) is 31.3 Å². The number of carbonyl (C=O) groups excluding carboxylic acids is 1. The van der Waals surface area contributed by atoms with Crippen molar-refractivity contribution in [2.75, 3.05) is 13.2 Å². The van der Waals surface area contributed by atoms with E-state index >= 15 is 0 Å². The van der Waals surface area contributed by atoms with Crippen LogP contribution in [0.25, 0.3) is 0 Å². The first-order valence-electron chi connectivity index (χ1n) is 7.44. The van der Waals surface area contributed by atoms with Gasteiger partial charge in [0.15, 0.2) is 11.6 Å². The van der Waals surface area contributed by atoms with Crippen molar-refractivity contribution >= 4 is 5.91 Å². The number of carbonyl (C=O) groups is 1. The summed E-state index contributed by atoms with van der Waals surface area (Å²) in [5.74, 6) is -1.27. The monoisotopic (exact) mass is 313 g/mol. The molecule has 6 heteroatoms. The van der Waals surface area contributed by atoms with Crippen LogP contribution in [0.15, 0.2) is 18.2 Å². The molecule has 0 bridgehead atoms. The first-order chi connectivity index (χ1) is 10.4. The van der Waals surface area contributed by atoms with Crippen LogP contribution in [0.4, 0.5) is 8.78 Å². The Morgan fingerprint density at radius 1 is 1.45 bits per heavy atom. The second kappa shape index (κ2) is 7.05. The molecular formula is C16H21F2NO3. The highest BCUT2D eigenvalue weighted by molar-refractivity contribution is 5.76. The molecule has 1 aliphatic rings. The summed E-state index contributed by atoms with van der Waals surface area (Å²) in [5.41, 5.74) is -0.555. The van der Waals surface area contributed by atoms with Gasteiger partial charge in [0, 0.05) is 12.5 Å². The summed E-state index contributed by atoms with van der Waals surface area (Å²) in [6.07, 6.45) is 2.68. The second-order valence-corrected chi connectivity index (χ2v) is 5.92. The molecule has 0 heterocycles. The molecule has 22 heavy (non-hydrogen) atoms. The summed E-state index contributed by atoms with van der Waals surface area (Å²) < 4.78 is 31.2. The molecule has 1 aliphatic carbocycles. The van der Waals surface area contributed by atoms with Crippen molar-refractivity contribution in [3.8, 4) is 5.75 Å². The molecule has 1 unspecified atom stereocenters. The third kappa shape index (κ3) is 4.40. The highest BCUT2D eigenvalue weighted by atomic mass is 19.1. The number of benzene rings is 1. The molecule has 0 aliphatic heterocycles. The smallest absolute Gasteiger partial charge is 0.220 e. The molecular weight excluding hydrogens is 292 g/mol. The number of hydrogen-bond donors (Lipinski definition) is 2. The third-order valence-electron chi connectivity index (χ3n) is 3.93. The van der Waals surface area contributed by atoms with E-state index in [1.807, 2.05) is 6.92 Å². The Bertz CT molecular complexity index is 534. The van der Waals surface area contributed by atoms with Crippen molar-refractivity contribution in [3.63, 3.8) is 0 Å². The number of amides is 1. The molecule has 1 saturated carbocycles. The Morgan fingerprint density at radius 3 is 2.77 bits per heavy atom. The quantitative estimate of drug-likeness (QED) is 0.725. The van der Waals surface area contributed by atoms with Crippen molar-refractivity contribution in [1.29, 1.82) is 0 Å². The summed E-state index contributed by atoms with van der Waals surface area (Å²) in [4.78, 5) is 11.9. The van der Waals surface area contributed by atoms with E-state index in [0.29, 0.717) is 12.3 Å². The van der Waals surface area contributed by atoms with Gasteiger partial charge in [0.2, 0.25) is 5.91 Å². The molecule has 0 spiro atoms. The van der Waals surface area contributed by atoms with Crippen molar-refractivity contribution in [1.82, 2.24) is 5.32 Å². The Hall–Kier alpha value is -1.69. The van der Waals surface area contributed by atoms with Crippen molar-refractivity contribution in [2.45, 2.75) is 38.1 Å². The maximum absolute atomic E-state index is 13.3. The summed E-state index contributed by atoms with van der Waals surface area (Å²) >= 11 is 0. The van der Waals surface area contributed by atoms with E-state index in [1.165, 1.54) is 6.07 Å². The van der Waals surface area contributed by atoms with Gasteiger partial charge in [-0.05, 0) is 44.2 Å². The minimum Gasteiger partial charge on any atom is -0.491 e. The van der Waals surface area contributed by atoms with E-state index in [0.717, 1.165) is 25.0 Å². The van der Waals surface area contributed by atoms with Gasteiger partial charge >= 0.3 is 0 Å². The summed E-state index contributed by atoms with van der Waals surface area (Å²) in [7, 11) is 0. The molecule has 1 aromatic carbocycles. The zero-order chi connectivity index (χ0) is 16.2. The first kappa shape index (κ1) is 16.7. The Morgan fingerprint density at radius 2 is 2.18 bits per heavy atom. The molecule has 0 aromatic heterocycles. The van der Waals surface area contributed by atoms with Gasteiger partial charge in [0.1, 0.15) is 5.82 Å². The Labute approximate surface area is 128 Å². The summed E-state index contributed by atoms with van der Waals surface area (Å²) in [5, 5.41) is 12.3. The molecule has 4 nitrogen and oxygen atoms in total. The van der Waals surface area contributed by atoms with Gasteiger partial charge in [-0.25, -0.2) is 8.78 Å². The fraction of sp³-hybridized carbons (Fsp3) is 0.562. The molecule has 1 aromatic rings. The second-order valence-electron chi connectivity index (χ2n) is 5.92. The molecule has 1 atom stereocenters. The Balaban J connectivity index is 1.71. The van der Waals surface area contributed by atoms with Crippen LogP contribution in [0.3, 0.4) is 0 Å². The van der Waals surface area contributed by atoms with Gasteiger partial charge in [-0.3, -0.25) is 4.79 Å². The molecule has 1 amide bonds. The lowest BCUT2D eigenvalue weighted by Crippen LogP contribution is -2.50. The first-order valence-corrected chi connectivity index (χ1v) is 7.44. The van der Waals surface area contributed by atoms with Gasteiger partial charge < -0.3 is 15.2 Å². The zero-order valence-electron chi connectivity index (χ0n) is 12.6. The lowest BCUT2D eigenvalue weighted by Gasteiger charge is -2.28. The van der Waals surface area contributed by atoms with Crippen LogP contribution in [0.2, 0.25) is 0 Å². The lowest BCUT2D eigenvalue weighted by atomic mass is 9.96. The zero-order valence-corrected chi connectivity index (χ0v) is 12.6. The maximum atomic E-state index is 13.3. The Kier molecular flexibility index (Phi) is 5.34. The summed E-state index contributed by atoms with van der Waals surface area (Å²) in [6.45, 7) is 1.92. The topological polar surface area (TPSA) is 58.6 Å². The van der Waals surface area contributed by atoms with Crippen LogP contribution in [-0.4, -0.2) is 29.8 Å². The minimum absolute atomic E-state index is 0.0278. The number of aliphatic hydroxyl groups excluding tert-OH is 1. The normalized spacial score (nSPS) is 16.9. The molecule has 2 N–H and O–H groups in total. The van der Waals surface area contributed by atoms with Crippen LogP contribution >= 0.6 is 0 Å². The lowest BCUT2D eigenvalue weighted by molar-refractivity contribution is -0.124. The summed E-state index contributed by atoms with van der Waals surface area (Å²) in [6, 6.07) is 3.10. The highest BCUT2D eigenvalue weighted by Crippen LogP contribution is 2.39. The van der Waals surface area contributed by atoms with Gasteiger partial charge in [-0.15, -0.1) is 0 Å². The molecule has 1 fully saturated rings. The minimum atomic E-state index is -0.758. The van der Waals surface area contributed by atoms with E-state index < -0.39 is 17.2 Å². The predicted molar refractivity (Wildman–Crippen MR) is 77.4 cm³/mol. The molecule has 0 radical (unpaired) electrons.